The van der Waals surface area contributed by atoms with Crippen molar-refractivity contribution in [3.8, 4) is 0 Å². The average Bonchev–Trinajstić information content (AvgIpc) is 2.72. The van der Waals surface area contributed by atoms with E-state index in [-0.39, 0.29) is 16.2 Å². The summed E-state index contributed by atoms with van der Waals surface area (Å²) in [5.41, 5.74) is 0.944. The molecule has 0 saturated heterocycles. The fraction of sp³-hybridized carbons (Fsp3) is 0.381. The van der Waals surface area contributed by atoms with Crippen LogP contribution in [0.5, 0.6) is 0 Å². The van der Waals surface area contributed by atoms with E-state index in [9.17, 15) is 18.0 Å². The van der Waals surface area contributed by atoms with Crippen molar-refractivity contribution in [1.29, 1.82) is 0 Å². The Kier molecular flexibility index (Phi) is 8.89. The first kappa shape index (κ1) is 23.4. The molecule has 28 heavy (non-hydrogen) atoms. The first-order chi connectivity index (χ1) is 13.3. The van der Waals surface area contributed by atoms with Crippen LogP contribution in [0, 0.1) is 5.41 Å². The number of hydrogen-bond acceptors (Lipinski definition) is 6. The minimum absolute atomic E-state index is 0.00252. The molecule has 0 aromatic heterocycles. The van der Waals surface area contributed by atoms with Crippen LogP contribution in [0.15, 0.2) is 64.6 Å². The highest BCUT2D eigenvalue weighted by molar-refractivity contribution is 7.95. The third kappa shape index (κ3) is 5.21. The molecule has 0 aliphatic carbocycles. The lowest BCUT2D eigenvalue weighted by Gasteiger charge is -2.28. The number of carbonyl (C=O) groups is 2. The van der Waals surface area contributed by atoms with E-state index in [2.05, 4.69) is 12.3 Å². The number of benzene rings is 1. The molecule has 0 N–H and O–H groups in total. The van der Waals surface area contributed by atoms with Crippen LogP contribution in [0.25, 0.3) is 0 Å². The van der Waals surface area contributed by atoms with Crippen molar-refractivity contribution in [3.63, 3.8) is 0 Å². The van der Waals surface area contributed by atoms with Crippen LogP contribution in [0.4, 0.5) is 0 Å². The Morgan fingerprint density at radius 1 is 1.14 bits per heavy atom. The molecule has 0 spiro atoms. The maximum atomic E-state index is 13.2. The molecule has 0 atom stereocenters. The molecule has 1 aromatic rings. The zero-order valence-corrected chi connectivity index (χ0v) is 17.3. The van der Waals surface area contributed by atoms with Crippen molar-refractivity contribution in [2.24, 2.45) is 5.41 Å². The normalized spacial score (nSPS) is 11.1. The first-order valence-electron chi connectivity index (χ1n) is 8.82. The number of hydrogen-bond donors (Lipinski definition) is 0. The number of rotatable bonds is 10. The highest BCUT2D eigenvalue weighted by atomic mass is 32.2. The molecule has 7 heteroatoms. The predicted molar refractivity (Wildman–Crippen MR) is 106 cm³/mol. The molecule has 0 fully saturated rings. The summed E-state index contributed by atoms with van der Waals surface area (Å²) in [6.07, 6.45) is 3.48. The van der Waals surface area contributed by atoms with E-state index in [0.717, 1.165) is 14.2 Å². The maximum absolute atomic E-state index is 13.2. The van der Waals surface area contributed by atoms with Gasteiger partial charge in [0.25, 0.3) is 0 Å². The minimum Gasteiger partial charge on any atom is -0.468 e. The van der Waals surface area contributed by atoms with Gasteiger partial charge in [-0.15, -0.1) is 12.3 Å². The van der Waals surface area contributed by atoms with Crippen molar-refractivity contribution < 1.29 is 27.5 Å². The van der Waals surface area contributed by atoms with Gasteiger partial charge in [-0.25, -0.2) is 8.42 Å². The summed E-state index contributed by atoms with van der Waals surface area (Å²) in [4.78, 5) is 25.1. The molecule has 0 bridgehead atoms. The van der Waals surface area contributed by atoms with Crippen LogP contribution in [0.2, 0.25) is 0 Å². The molecule has 0 radical (unpaired) electrons. The summed E-state index contributed by atoms with van der Waals surface area (Å²) in [6, 6.07) is 7.79. The first-order valence-corrected chi connectivity index (χ1v) is 10.3. The van der Waals surface area contributed by atoms with Crippen LogP contribution < -0.4 is 0 Å². The topological polar surface area (TPSA) is 86.7 Å². The molecule has 0 saturated carbocycles. The highest BCUT2D eigenvalue weighted by Gasteiger charge is 2.50. The van der Waals surface area contributed by atoms with Crippen molar-refractivity contribution in [3.05, 3.63) is 59.7 Å². The molecule has 0 heterocycles. The summed E-state index contributed by atoms with van der Waals surface area (Å²) in [5.74, 6) is -1.72. The van der Waals surface area contributed by atoms with Gasteiger partial charge in [0.05, 0.1) is 24.0 Å². The van der Waals surface area contributed by atoms with Gasteiger partial charge in [-0.1, -0.05) is 31.2 Å². The standard InChI is InChI=1S/C21H26O6S/c1-5-7-12-18(28(24,25)17-13-10-9-11-14-17)16-21(15-8-6-2,19(22)26-3)20(23)27-4/h6-7,9-11,13-14H,2,5,8,15-16H2,1,3-4H3. The van der Waals surface area contributed by atoms with E-state index in [0.29, 0.717) is 12.8 Å². The molecular weight excluding hydrogens is 380 g/mol. The van der Waals surface area contributed by atoms with Crippen molar-refractivity contribution in [1.82, 2.24) is 0 Å². The molecule has 0 amide bonds. The maximum Gasteiger partial charge on any atom is 0.323 e. The van der Waals surface area contributed by atoms with Gasteiger partial charge in [0, 0.05) is 6.42 Å². The number of allylic oxidation sites excluding steroid dienone is 2. The Balaban J connectivity index is 3.63. The second kappa shape index (κ2) is 10.6. The molecule has 0 unspecified atom stereocenters. The van der Waals surface area contributed by atoms with E-state index in [1.165, 1.54) is 18.2 Å². The number of sulfone groups is 1. The monoisotopic (exact) mass is 406 g/mol. The largest absolute Gasteiger partial charge is 0.468 e. The highest BCUT2D eigenvalue weighted by Crippen LogP contribution is 2.38. The lowest BCUT2D eigenvalue weighted by Crippen LogP contribution is -2.42. The van der Waals surface area contributed by atoms with E-state index in [1.807, 2.05) is 6.92 Å². The Labute approximate surface area is 166 Å². The Morgan fingerprint density at radius 2 is 1.71 bits per heavy atom. The van der Waals surface area contributed by atoms with Gasteiger partial charge in [-0.05, 0) is 37.5 Å². The molecule has 152 valence electrons. The lowest BCUT2D eigenvalue weighted by molar-refractivity contribution is -0.169. The van der Waals surface area contributed by atoms with E-state index >= 15 is 0 Å². The summed E-state index contributed by atoms with van der Waals surface area (Å²) in [7, 11) is -1.69. The Bertz CT molecular complexity index is 845. The van der Waals surface area contributed by atoms with E-state index in [1.54, 1.807) is 24.3 Å². The summed E-state index contributed by atoms with van der Waals surface area (Å²) < 4.78 is 36.0. The third-order valence-corrected chi connectivity index (χ3v) is 6.04. The van der Waals surface area contributed by atoms with Gasteiger partial charge >= 0.3 is 11.9 Å². The van der Waals surface area contributed by atoms with Crippen LogP contribution >= 0.6 is 0 Å². The Morgan fingerprint density at radius 3 is 2.18 bits per heavy atom. The van der Waals surface area contributed by atoms with Gasteiger partial charge < -0.3 is 9.47 Å². The van der Waals surface area contributed by atoms with E-state index in [4.69, 9.17) is 9.47 Å². The molecule has 6 nitrogen and oxygen atoms in total. The van der Waals surface area contributed by atoms with E-state index < -0.39 is 33.6 Å². The zero-order valence-electron chi connectivity index (χ0n) is 16.4. The number of ether oxygens (including phenoxy) is 2. The van der Waals surface area contributed by atoms with Gasteiger partial charge in [0.1, 0.15) is 0 Å². The quantitative estimate of drug-likeness (QED) is 0.255. The SMILES string of the molecule is C=CCCC(CC(=C=CCC)S(=O)(=O)c1ccccc1)(C(=O)OC)C(=O)OC. The van der Waals surface area contributed by atoms with Crippen molar-refractivity contribution >= 4 is 21.8 Å². The van der Waals surface area contributed by atoms with Crippen LogP contribution in [0.3, 0.4) is 0 Å². The summed E-state index contributed by atoms with van der Waals surface area (Å²) in [5, 5.41) is 0. The van der Waals surface area contributed by atoms with Gasteiger partial charge in [0.2, 0.25) is 9.84 Å². The van der Waals surface area contributed by atoms with Crippen LogP contribution in [0.1, 0.15) is 32.6 Å². The van der Waals surface area contributed by atoms with Gasteiger partial charge in [-0.2, -0.15) is 0 Å². The number of methoxy groups -OCH3 is 2. The second-order valence-electron chi connectivity index (χ2n) is 6.07. The van der Waals surface area contributed by atoms with Gasteiger partial charge in [0.15, 0.2) is 5.41 Å². The molecule has 1 aromatic carbocycles. The average molecular weight is 407 g/mol. The van der Waals surface area contributed by atoms with Crippen molar-refractivity contribution in [2.75, 3.05) is 14.2 Å². The lowest BCUT2D eigenvalue weighted by atomic mass is 9.79. The smallest absolute Gasteiger partial charge is 0.323 e. The predicted octanol–water partition coefficient (Wildman–Crippen LogP) is 3.60. The van der Waals surface area contributed by atoms with Gasteiger partial charge in [-0.3, -0.25) is 9.59 Å². The third-order valence-electron chi connectivity index (χ3n) is 4.23. The molecule has 0 aliphatic rings. The number of esters is 2. The second-order valence-corrected chi connectivity index (χ2v) is 8.04. The summed E-state index contributed by atoms with van der Waals surface area (Å²) in [6.45, 7) is 5.43. The summed E-state index contributed by atoms with van der Waals surface area (Å²) >= 11 is 0. The Hall–Kier alpha value is -2.63. The van der Waals surface area contributed by atoms with Crippen LogP contribution in [-0.4, -0.2) is 34.6 Å². The fourth-order valence-corrected chi connectivity index (χ4v) is 4.19. The molecule has 1 rings (SSSR count). The molecule has 0 aliphatic heterocycles. The van der Waals surface area contributed by atoms with Crippen LogP contribution in [-0.2, 0) is 28.9 Å². The zero-order chi connectivity index (χ0) is 21.2. The fourth-order valence-electron chi connectivity index (χ4n) is 2.71. The molecular formula is C21H26O6S. The number of carbonyl (C=O) groups excluding carboxylic acids is 2. The van der Waals surface area contributed by atoms with Crippen molar-refractivity contribution in [2.45, 2.75) is 37.5 Å². The minimum atomic E-state index is -3.98.